The molecule has 0 N–H and O–H groups in total. The summed E-state index contributed by atoms with van der Waals surface area (Å²) in [5, 5.41) is 2.59. The Morgan fingerprint density at radius 1 is 0.414 bits per heavy atom. The van der Waals surface area contributed by atoms with E-state index in [0.717, 1.165) is 6.42 Å². The van der Waals surface area contributed by atoms with E-state index in [9.17, 15) is 0 Å². The first-order valence-corrected chi connectivity index (χ1v) is 10.1. The normalized spacial score (nSPS) is 10.9. The lowest BCUT2D eigenvalue weighted by atomic mass is 9.95. The molecule has 0 aliphatic rings. The SMILES string of the molecule is c1ccc(-c2cccc(Cc3ccc(-c4cccc5ccccc45)cc3)c2)cc1. The van der Waals surface area contributed by atoms with Crippen LogP contribution in [-0.2, 0) is 6.42 Å². The van der Waals surface area contributed by atoms with E-state index < -0.39 is 0 Å². The number of fused-ring (bicyclic) bond motifs is 1. The highest BCUT2D eigenvalue weighted by atomic mass is 14.1. The van der Waals surface area contributed by atoms with Gasteiger partial charge >= 0.3 is 0 Å². The third kappa shape index (κ3) is 3.70. The summed E-state index contributed by atoms with van der Waals surface area (Å²) in [7, 11) is 0. The van der Waals surface area contributed by atoms with E-state index in [0.29, 0.717) is 0 Å². The summed E-state index contributed by atoms with van der Waals surface area (Å²) in [6, 6.07) is 43.5. The van der Waals surface area contributed by atoms with Crippen LogP contribution >= 0.6 is 0 Å². The number of hydrogen-bond acceptors (Lipinski definition) is 0. The van der Waals surface area contributed by atoms with Crippen LogP contribution in [-0.4, -0.2) is 0 Å². The molecule has 0 amide bonds. The van der Waals surface area contributed by atoms with Crippen LogP contribution in [0.15, 0.2) is 121 Å². The first-order chi connectivity index (χ1) is 14.4. The van der Waals surface area contributed by atoms with E-state index in [4.69, 9.17) is 0 Å². The van der Waals surface area contributed by atoms with Gasteiger partial charge in [0.25, 0.3) is 0 Å². The van der Waals surface area contributed by atoms with Crippen molar-refractivity contribution in [2.45, 2.75) is 6.42 Å². The monoisotopic (exact) mass is 370 g/mol. The molecule has 0 saturated carbocycles. The quantitative estimate of drug-likeness (QED) is 0.303. The average molecular weight is 370 g/mol. The molecule has 0 spiro atoms. The summed E-state index contributed by atoms with van der Waals surface area (Å²) in [6.45, 7) is 0. The molecule has 0 saturated heterocycles. The van der Waals surface area contributed by atoms with Crippen molar-refractivity contribution in [3.8, 4) is 22.3 Å². The topological polar surface area (TPSA) is 0 Å². The molecule has 0 atom stereocenters. The minimum absolute atomic E-state index is 0.941. The molecule has 0 aliphatic carbocycles. The lowest BCUT2D eigenvalue weighted by molar-refractivity contribution is 1.19. The summed E-state index contributed by atoms with van der Waals surface area (Å²) in [6.07, 6.45) is 0.941. The second-order valence-electron chi connectivity index (χ2n) is 7.47. The number of hydrogen-bond donors (Lipinski definition) is 0. The van der Waals surface area contributed by atoms with E-state index >= 15 is 0 Å². The van der Waals surface area contributed by atoms with Gasteiger partial charge in [0.15, 0.2) is 0 Å². The Hall–Kier alpha value is -3.64. The molecular formula is C29H22. The molecule has 5 rings (SSSR count). The van der Waals surface area contributed by atoms with Gasteiger partial charge in [-0.15, -0.1) is 0 Å². The maximum absolute atomic E-state index is 2.30. The van der Waals surface area contributed by atoms with Gasteiger partial charge in [0.1, 0.15) is 0 Å². The summed E-state index contributed by atoms with van der Waals surface area (Å²) >= 11 is 0. The van der Waals surface area contributed by atoms with Crippen molar-refractivity contribution in [2.24, 2.45) is 0 Å². The van der Waals surface area contributed by atoms with E-state index in [1.54, 1.807) is 0 Å². The second kappa shape index (κ2) is 7.77. The van der Waals surface area contributed by atoms with Crippen molar-refractivity contribution >= 4 is 10.8 Å². The zero-order valence-corrected chi connectivity index (χ0v) is 16.3. The summed E-state index contributed by atoms with van der Waals surface area (Å²) in [4.78, 5) is 0. The van der Waals surface area contributed by atoms with Crippen molar-refractivity contribution in [1.29, 1.82) is 0 Å². The van der Waals surface area contributed by atoms with Gasteiger partial charge in [-0.05, 0) is 50.6 Å². The van der Waals surface area contributed by atoms with Gasteiger partial charge in [-0.1, -0.05) is 121 Å². The van der Waals surface area contributed by atoms with E-state index in [1.807, 2.05) is 0 Å². The van der Waals surface area contributed by atoms with Crippen LogP contribution in [0.2, 0.25) is 0 Å². The Morgan fingerprint density at radius 2 is 1.10 bits per heavy atom. The maximum atomic E-state index is 2.30. The van der Waals surface area contributed by atoms with Crippen LogP contribution in [0.3, 0.4) is 0 Å². The molecule has 5 aromatic carbocycles. The van der Waals surface area contributed by atoms with Crippen LogP contribution < -0.4 is 0 Å². The Labute approximate surface area is 172 Å². The molecule has 5 aromatic rings. The lowest BCUT2D eigenvalue weighted by Gasteiger charge is -2.09. The molecule has 0 heterocycles. The first kappa shape index (κ1) is 17.5. The highest BCUT2D eigenvalue weighted by Crippen LogP contribution is 2.29. The van der Waals surface area contributed by atoms with Crippen molar-refractivity contribution < 1.29 is 0 Å². The fourth-order valence-corrected chi connectivity index (χ4v) is 4.01. The van der Waals surface area contributed by atoms with Crippen LogP contribution in [0.4, 0.5) is 0 Å². The summed E-state index contributed by atoms with van der Waals surface area (Å²) < 4.78 is 0. The van der Waals surface area contributed by atoms with Gasteiger partial charge in [-0.3, -0.25) is 0 Å². The summed E-state index contributed by atoms with van der Waals surface area (Å²) in [5.74, 6) is 0. The molecule has 0 aromatic heterocycles. The van der Waals surface area contributed by atoms with Crippen LogP contribution in [0.25, 0.3) is 33.0 Å². The zero-order valence-electron chi connectivity index (χ0n) is 16.3. The smallest absolute Gasteiger partial charge is 0.00255 e. The lowest BCUT2D eigenvalue weighted by Crippen LogP contribution is -1.90. The Bertz CT molecular complexity index is 1240. The fraction of sp³-hybridized carbons (Fsp3) is 0.0345. The number of rotatable bonds is 4. The molecular weight excluding hydrogens is 348 g/mol. The minimum Gasteiger partial charge on any atom is -0.0622 e. The van der Waals surface area contributed by atoms with Gasteiger partial charge in [0.2, 0.25) is 0 Å². The van der Waals surface area contributed by atoms with Gasteiger partial charge < -0.3 is 0 Å². The fourth-order valence-electron chi connectivity index (χ4n) is 4.01. The second-order valence-corrected chi connectivity index (χ2v) is 7.47. The Morgan fingerprint density at radius 3 is 1.97 bits per heavy atom. The molecule has 0 fully saturated rings. The highest BCUT2D eigenvalue weighted by Gasteiger charge is 2.05. The van der Waals surface area contributed by atoms with Crippen LogP contribution in [0.1, 0.15) is 11.1 Å². The predicted molar refractivity (Wildman–Crippen MR) is 124 cm³/mol. The minimum atomic E-state index is 0.941. The highest BCUT2D eigenvalue weighted by molar-refractivity contribution is 5.96. The molecule has 29 heavy (non-hydrogen) atoms. The average Bonchev–Trinajstić information content (AvgIpc) is 2.80. The van der Waals surface area contributed by atoms with Crippen molar-refractivity contribution in [1.82, 2.24) is 0 Å². The molecule has 0 nitrogen and oxygen atoms in total. The van der Waals surface area contributed by atoms with E-state index in [1.165, 1.54) is 44.2 Å². The molecule has 0 bridgehead atoms. The zero-order chi connectivity index (χ0) is 19.5. The Kier molecular flexibility index (Phi) is 4.68. The molecule has 0 aliphatic heterocycles. The molecule has 0 radical (unpaired) electrons. The van der Waals surface area contributed by atoms with Gasteiger partial charge in [0, 0.05) is 0 Å². The maximum Gasteiger partial charge on any atom is -0.00255 e. The standard InChI is InChI=1S/C29H22/c1-2-9-24(10-3-1)27-13-6-8-23(21-27)20-22-16-18-26(19-17-22)29-15-7-12-25-11-4-5-14-28(25)29/h1-19,21H,20H2. The van der Waals surface area contributed by atoms with Gasteiger partial charge in [-0.2, -0.15) is 0 Å². The molecule has 0 unspecified atom stereocenters. The summed E-state index contributed by atoms with van der Waals surface area (Å²) in [5.41, 5.74) is 7.77. The largest absolute Gasteiger partial charge is 0.0622 e. The van der Waals surface area contributed by atoms with E-state index in [-0.39, 0.29) is 0 Å². The Balaban J connectivity index is 1.41. The third-order valence-electron chi connectivity index (χ3n) is 5.50. The van der Waals surface area contributed by atoms with E-state index in [2.05, 4.69) is 121 Å². The first-order valence-electron chi connectivity index (χ1n) is 10.1. The van der Waals surface area contributed by atoms with Crippen molar-refractivity contribution in [3.05, 3.63) is 132 Å². The van der Waals surface area contributed by atoms with Crippen molar-refractivity contribution in [3.63, 3.8) is 0 Å². The van der Waals surface area contributed by atoms with Crippen LogP contribution in [0, 0.1) is 0 Å². The molecule has 138 valence electrons. The van der Waals surface area contributed by atoms with Crippen molar-refractivity contribution in [2.75, 3.05) is 0 Å². The van der Waals surface area contributed by atoms with Gasteiger partial charge in [-0.25, -0.2) is 0 Å². The van der Waals surface area contributed by atoms with Gasteiger partial charge in [0.05, 0.1) is 0 Å². The number of benzene rings is 5. The van der Waals surface area contributed by atoms with Crippen LogP contribution in [0.5, 0.6) is 0 Å². The third-order valence-corrected chi connectivity index (χ3v) is 5.50. The molecule has 0 heteroatoms. The predicted octanol–water partition coefficient (Wildman–Crippen LogP) is 7.76.